The molecule has 0 saturated carbocycles. The van der Waals surface area contributed by atoms with Crippen LogP contribution in [0.3, 0.4) is 0 Å². The lowest BCUT2D eigenvalue weighted by atomic mass is 10.0. The fraction of sp³-hybridized carbons (Fsp3) is 0.462. The molecule has 0 spiro atoms. The predicted octanol–water partition coefficient (Wildman–Crippen LogP) is 2.18. The molecule has 0 aliphatic rings. The van der Waals surface area contributed by atoms with E-state index in [0.29, 0.717) is 5.56 Å². The lowest BCUT2D eigenvalue weighted by molar-refractivity contribution is 0.0600. The zero-order valence-electron chi connectivity index (χ0n) is 9.77. The molecule has 1 N–H and O–H groups in total. The molecule has 0 aliphatic carbocycles. The second kappa shape index (κ2) is 6.28. The molecule has 1 aromatic carbocycles. The van der Waals surface area contributed by atoms with Crippen molar-refractivity contribution in [3.63, 3.8) is 0 Å². The highest BCUT2D eigenvalue weighted by Gasteiger charge is 2.05. The smallest absolute Gasteiger partial charge is 0.337 e. The third-order valence-electron chi connectivity index (χ3n) is 2.61. The summed E-state index contributed by atoms with van der Waals surface area (Å²) < 4.78 is 4.61. The molecular weight excluding hydrogens is 204 g/mol. The van der Waals surface area contributed by atoms with E-state index in [2.05, 4.69) is 4.74 Å². The molecular formula is C13H18O3. The molecule has 0 bridgehead atoms. The van der Waals surface area contributed by atoms with Gasteiger partial charge >= 0.3 is 5.97 Å². The first-order valence-corrected chi connectivity index (χ1v) is 5.52. The summed E-state index contributed by atoms with van der Waals surface area (Å²) in [4.78, 5) is 11.2. The average molecular weight is 222 g/mol. The summed E-state index contributed by atoms with van der Waals surface area (Å²) in [5, 5.41) is 9.43. The van der Waals surface area contributed by atoms with E-state index in [0.717, 1.165) is 24.8 Å². The van der Waals surface area contributed by atoms with Gasteiger partial charge in [0.25, 0.3) is 0 Å². The van der Waals surface area contributed by atoms with Crippen LogP contribution in [0.25, 0.3) is 0 Å². The first kappa shape index (κ1) is 12.7. The summed E-state index contributed by atoms with van der Waals surface area (Å²) in [7, 11) is 1.37. The molecule has 1 unspecified atom stereocenters. The van der Waals surface area contributed by atoms with E-state index >= 15 is 0 Å². The number of hydrogen-bond acceptors (Lipinski definition) is 3. The van der Waals surface area contributed by atoms with Crippen molar-refractivity contribution in [2.24, 2.45) is 0 Å². The molecule has 0 radical (unpaired) electrons. The molecule has 1 rings (SSSR count). The molecule has 1 aromatic rings. The molecule has 3 heteroatoms. The van der Waals surface area contributed by atoms with E-state index in [9.17, 15) is 9.90 Å². The topological polar surface area (TPSA) is 46.5 Å². The van der Waals surface area contributed by atoms with Crippen LogP contribution in [0.1, 0.15) is 35.7 Å². The Kier molecular flexibility index (Phi) is 4.99. The number of methoxy groups -OCH3 is 1. The number of carbonyl (C=O) groups is 1. The molecule has 0 heterocycles. The van der Waals surface area contributed by atoms with Crippen LogP contribution >= 0.6 is 0 Å². The summed E-state index contributed by atoms with van der Waals surface area (Å²) in [6, 6.07) is 7.29. The van der Waals surface area contributed by atoms with Crippen molar-refractivity contribution < 1.29 is 14.6 Å². The number of hydrogen-bond donors (Lipinski definition) is 1. The van der Waals surface area contributed by atoms with E-state index in [-0.39, 0.29) is 12.1 Å². The van der Waals surface area contributed by atoms with Gasteiger partial charge in [-0.2, -0.15) is 0 Å². The number of aliphatic hydroxyl groups is 1. The van der Waals surface area contributed by atoms with Crippen LogP contribution in [0.5, 0.6) is 0 Å². The van der Waals surface area contributed by atoms with Crippen molar-refractivity contribution in [2.45, 2.75) is 32.3 Å². The van der Waals surface area contributed by atoms with Gasteiger partial charge in [-0.3, -0.25) is 0 Å². The summed E-state index contributed by atoms with van der Waals surface area (Å²) in [6.45, 7) is 1.96. The first-order valence-electron chi connectivity index (χ1n) is 5.52. The van der Waals surface area contributed by atoms with Gasteiger partial charge in [0.1, 0.15) is 0 Å². The average Bonchev–Trinajstić information content (AvgIpc) is 2.35. The molecule has 3 nitrogen and oxygen atoms in total. The second-order valence-electron chi connectivity index (χ2n) is 3.79. The van der Waals surface area contributed by atoms with Gasteiger partial charge in [-0.05, 0) is 37.0 Å². The lowest BCUT2D eigenvalue weighted by Crippen LogP contribution is -2.06. The summed E-state index contributed by atoms with van der Waals surface area (Å²) in [5.74, 6) is -0.319. The molecule has 0 saturated heterocycles. The van der Waals surface area contributed by atoms with Crippen LogP contribution in [0.15, 0.2) is 24.3 Å². The van der Waals surface area contributed by atoms with Gasteiger partial charge in [0.05, 0.1) is 18.8 Å². The minimum atomic E-state index is -0.319. The number of carbonyl (C=O) groups excluding carboxylic acids is 1. The number of rotatable bonds is 5. The molecule has 0 aromatic heterocycles. The monoisotopic (exact) mass is 222 g/mol. The Morgan fingerprint density at radius 1 is 1.38 bits per heavy atom. The van der Waals surface area contributed by atoms with Crippen LogP contribution < -0.4 is 0 Å². The van der Waals surface area contributed by atoms with Gasteiger partial charge in [-0.1, -0.05) is 19.1 Å². The van der Waals surface area contributed by atoms with E-state index in [4.69, 9.17) is 0 Å². The molecule has 16 heavy (non-hydrogen) atoms. The normalized spacial score (nSPS) is 12.2. The Labute approximate surface area is 96.1 Å². The fourth-order valence-corrected chi connectivity index (χ4v) is 1.46. The summed E-state index contributed by atoms with van der Waals surface area (Å²) in [5.41, 5.74) is 1.68. The maximum atomic E-state index is 11.2. The highest BCUT2D eigenvalue weighted by Crippen LogP contribution is 2.10. The van der Waals surface area contributed by atoms with Gasteiger partial charge in [-0.25, -0.2) is 4.79 Å². The van der Waals surface area contributed by atoms with Gasteiger partial charge in [-0.15, -0.1) is 0 Å². The van der Waals surface area contributed by atoms with Crippen molar-refractivity contribution in [3.05, 3.63) is 35.4 Å². The standard InChI is InChI=1S/C13H18O3/c1-3-12(14)9-6-10-4-7-11(8-5-10)13(15)16-2/h4-5,7-8,12,14H,3,6,9H2,1-2H3. The van der Waals surface area contributed by atoms with Gasteiger partial charge in [0.15, 0.2) is 0 Å². The molecule has 0 aliphatic heterocycles. The SMILES string of the molecule is CCC(O)CCc1ccc(C(=O)OC)cc1. The largest absolute Gasteiger partial charge is 0.465 e. The van der Waals surface area contributed by atoms with Crippen molar-refractivity contribution in [3.8, 4) is 0 Å². The first-order chi connectivity index (χ1) is 7.67. The van der Waals surface area contributed by atoms with E-state index in [1.165, 1.54) is 7.11 Å². The number of aryl methyl sites for hydroxylation is 1. The van der Waals surface area contributed by atoms with Crippen LogP contribution in [-0.4, -0.2) is 24.3 Å². The van der Waals surface area contributed by atoms with Crippen LogP contribution in [0.4, 0.5) is 0 Å². The van der Waals surface area contributed by atoms with E-state index < -0.39 is 0 Å². The molecule has 0 fully saturated rings. The number of ether oxygens (including phenoxy) is 1. The highest BCUT2D eigenvalue weighted by atomic mass is 16.5. The summed E-state index contributed by atoms with van der Waals surface area (Å²) in [6.07, 6.45) is 2.13. The Hall–Kier alpha value is -1.35. The fourth-order valence-electron chi connectivity index (χ4n) is 1.46. The third kappa shape index (κ3) is 3.66. The minimum Gasteiger partial charge on any atom is -0.465 e. The zero-order chi connectivity index (χ0) is 12.0. The number of benzene rings is 1. The Bertz CT molecular complexity index is 330. The number of aliphatic hydroxyl groups excluding tert-OH is 1. The van der Waals surface area contributed by atoms with Gasteiger partial charge < -0.3 is 9.84 Å². The Morgan fingerprint density at radius 3 is 2.50 bits per heavy atom. The molecule has 1 atom stereocenters. The molecule has 0 amide bonds. The van der Waals surface area contributed by atoms with Gasteiger partial charge in [0, 0.05) is 0 Å². The van der Waals surface area contributed by atoms with Crippen molar-refractivity contribution in [2.75, 3.05) is 7.11 Å². The maximum Gasteiger partial charge on any atom is 0.337 e. The van der Waals surface area contributed by atoms with Crippen molar-refractivity contribution in [1.29, 1.82) is 0 Å². The van der Waals surface area contributed by atoms with Crippen LogP contribution in [0.2, 0.25) is 0 Å². The maximum absolute atomic E-state index is 11.2. The predicted molar refractivity (Wildman–Crippen MR) is 62.4 cm³/mol. The summed E-state index contributed by atoms with van der Waals surface area (Å²) >= 11 is 0. The quantitative estimate of drug-likeness (QED) is 0.777. The minimum absolute atomic E-state index is 0.236. The molecule has 88 valence electrons. The Balaban J connectivity index is 2.54. The lowest BCUT2D eigenvalue weighted by Gasteiger charge is -2.07. The van der Waals surface area contributed by atoms with Crippen LogP contribution in [0, 0.1) is 0 Å². The van der Waals surface area contributed by atoms with Crippen molar-refractivity contribution in [1.82, 2.24) is 0 Å². The number of esters is 1. The van der Waals surface area contributed by atoms with Crippen molar-refractivity contribution >= 4 is 5.97 Å². The van der Waals surface area contributed by atoms with E-state index in [1.807, 2.05) is 19.1 Å². The van der Waals surface area contributed by atoms with E-state index in [1.54, 1.807) is 12.1 Å². The Morgan fingerprint density at radius 2 is 2.00 bits per heavy atom. The third-order valence-corrected chi connectivity index (χ3v) is 2.61. The van der Waals surface area contributed by atoms with Gasteiger partial charge in [0.2, 0.25) is 0 Å². The second-order valence-corrected chi connectivity index (χ2v) is 3.79. The van der Waals surface area contributed by atoms with Crippen LogP contribution in [-0.2, 0) is 11.2 Å². The highest BCUT2D eigenvalue weighted by molar-refractivity contribution is 5.89. The zero-order valence-corrected chi connectivity index (χ0v) is 9.77.